The van der Waals surface area contributed by atoms with Gasteiger partial charge in [-0.25, -0.2) is 4.79 Å². The van der Waals surface area contributed by atoms with Gasteiger partial charge in [0.1, 0.15) is 12.2 Å². The lowest BCUT2D eigenvalue weighted by atomic mass is 10.1. The van der Waals surface area contributed by atoms with Gasteiger partial charge in [0.05, 0.1) is 24.0 Å². The number of aliphatic hydroxyl groups is 4. The summed E-state index contributed by atoms with van der Waals surface area (Å²) in [4.78, 5) is 14.8. The maximum absolute atomic E-state index is 10.9. The van der Waals surface area contributed by atoms with Crippen LogP contribution < -0.4 is 0 Å². The average Bonchev–Trinajstić information content (AvgIpc) is 2.45. The largest absolute Gasteiger partial charge is 0.478 e. The zero-order valence-electron chi connectivity index (χ0n) is 10.6. The Kier molecular flexibility index (Phi) is 6.26. The minimum absolute atomic E-state index is 0.0224. The lowest BCUT2D eigenvalue weighted by Gasteiger charge is -2.19. The van der Waals surface area contributed by atoms with Gasteiger partial charge >= 0.3 is 5.97 Å². The summed E-state index contributed by atoms with van der Waals surface area (Å²) < 4.78 is 0. The van der Waals surface area contributed by atoms with Crippen LogP contribution in [0.15, 0.2) is 29.3 Å². The van der Waals surface area contributed by atoms with Crippen molar-refractivity contribution in [1.82, 2.24) is 0 Å². The molecule has 7 nitrogen and oxygen atoms in total. The summed E-state index contributed by atoms with van der Waals surface area (Å²) in [5, 5.41) is 45.7. The predicted molar refractivity (Wildman–Crippen MR) is 71.3 cm³/mol. The minimum atomic E-state index is -1.50. The number of carboxylic acid groups (broad SMARTS) is 1. The van der Waals surface area contributed by atoms with Crippen LogP contribution in [0.3, 0.4) is 0 Å². The van der Waals surface area contributed by atoms with E-state index in [-0.39, 0.29) is 17.7 Å². The zero-order chi connectivity index (χ0) is 15.1. The van der Waals surface area contributed by atoms with E-state index in [1.807, 2.05) is 0 Å². The van der Waals surface area contributed by atoms with Crippen LogP contribution in [0.5, 0.6) is 0 Å². The lowest BCUT2D eigenvalue weighted by Crippen LogP contribution is -2.39. The van der Waals surface area contributed by atoms with E-state index in [1.54, 1.807) is 12.1 Å². The van der Waals surface area contributed by atoms with Crippen molar-refractivity contribution in [3.8, 4) is 0 Å². The summed E-state index contributed by atoms with van der Waals surface area (Å²) >= 11 is 0. The van der Waals surface area contributed by atoms with Crippen LogP contribution in [0.4, 0.5) is 5.69 Å². The Morgan fingerprint density at radius 3 is 2.45 bits per heavy atom. The minimum Gasteiger partial charge on any atom is -0.478 e. The number of benzene rings is 1. The molecule has 0 bridgehead atoms. The summed E-state index contributed by atoms with van der Waals surface area (Å²) in [5.41, 5.74) is 0.249. The van der Waals surface area contributed by atoms with E-state index in [4.69, 9.17) is 15.3 Å². The number of aromatic carboxylic acids is 1. The van der Waals surface area contributed by atoms with Crippen molar-refractivity contribution < 1.29 is 30.3 Å². The Morgan fingerprint density at radius 1 is 1.20 bits per heavy atom. The van der Waals surface area contributed by atoms with Gasteiger partial charge < -0.3 is 25.5 Å². The van der Waals surface area contributed by atoms with Crippen LogP contribution in [0.2, 0.25) is 0 Å². The Morgan fingerprint density at radius 2 is 1.85 bits per heavy atom. The molecular formula is C13H17NO6. The second-order valence-corrected chi connectivity index (χ2v) is 4.18. The average molecular weight is 283 g/mol. The van der Waals surface area contributed by atoms with Crippen molar-refractivity contribution in [2.24, 2.45) is 4.99 Å². The number of aliphatic imine (C=N–C) groups is 1. The molecule has 110 valence electrons. The van der Waals surface area contributed by atoms with Gasteiger partial charge in [0, 0.05) is 12.6 Å². The van der Waals surface area contributed by atoms with Gasteiger partial charge in [0.2, 0.25) is 0 Å². The van der Waals surface area contributed by atoms with Crippen LogP contribution in [0.25, 0.3) is 0 Å². The first kappa shape index (κ1) is 16.3. The molecule has 0 radical (unpaired) electrons. The molecule has 0 saturated heterocycles. The Hall–Kier alpha value is -1.80. The molecule has 0 aliphatic heterocycles. The Balaban J connectivity index is 2.68. The Bertz CT molecular complexity index is 476. The SMILES string of the molecule is O=C(O)c1ccccc1N=CC[C@H](O)[C@@H](O)[C@H](O)CO. The fraction of sp³-hybridized carbons (Fsp3) is 0.385. The highest BCUT2D eigenvalue weighted by Gasteiger charge is 2.23. The molecule has 1 aromatic carbocycles. The Labute approximate surface area is 115 Å². The molecule has 0 aromatic heterocycles. The van der Waals surface area contributed by atoms with Crippen LogP contribution in [-0.4, -0.2) is 62.6 Å². The molecule has 0 amide bonds. The molecule has 0 spiro atoms. The highest BCUT2D eigenvalue weighted by Crippen LogP contribution is 2.18. The fourth-order valence-corrected chi connectivity index (χ4v) is 1.53. The van der Waals surface area contributed by atoms with Crippen LogP contribution in [-0.2, 0) is 0 Å². The molecule has 0 fully saturated rings. The van der Waals surface area contributed by atoms with Crippen molar-refractivity contribution >= 4 is 17.9 Å². The molecule has 7 heteroatoms. The highest BCUT2D eigenvalue weighted by atomic mass is 16.4. The number of hydrogen-bond donors (Lipinski definition) is 5. The third kappa shape index (κ3) is 4.39. The zero-order valence-corrected chi connectivity index (χ0v) is 10.6. The molecule has 3 atom stereocenters. The maximum atomic E-state index is 10.9. The van der Waals surface area contributed by atoms with E-state index < -0.39 is 30.9 Å². The third-order valence-corrected chi connectivity index (χ3v) is 2.69. The monoisotopic (exact) mass is 283 g/mol. The van der Waals surface area contributed by atoms with Gasteiger partial charge in [-0.15, -0.1) is 0 Å². The van der Waals surface area contributed by atoms with Crippen molar-refractivity contribution in [3.05, 3.63) is 29.8 Å². The van der Waals surface area contributed by atoms with E-state index in [9.17, 15) is 15.0 Å². The molecule has 5 N–H and O–H groups in total. The van der Waals surface area contributed by atoms with Crippen LogP contribution in [0.1, 0.15) is 16.8 Å². The molecule has 0 heterocycles. The fourth-order valence-electron chi connectivity index (χ4n) is 1.53. The van der Waals surface area contributed by atoms with Gasteiger partial charge in [0.15, 0.2) is 0 Å². The molecule has 1 aromatic rings. The standard InChI is InChI=1S/C13H17NO6/c15-7-11(17)12(18)10(16)5-6-14-9-4-2-1-3-8(9)13(19)20/h1-4,6,10-12,15-18H,5,7H2,(H,19,20)/t10-,11+,12+/m0/s1. The van der Waals surface area contributed by atoms with Crippen LogP contribution >= 0.6 is 0 Å². The summed E-state index contributed by atoms with van der Waals surface area (Å²) in [7, 11) is 0. The third-order valence-electron chi connectivity index (χ3n) is 2.69. The normalized spacial score (nSPS) is 16.0. The summed E-state index contributed by atoms with van der Waals surface area (Å²) in [6.07, 6.45) is -3.09. The first-order valence-corrected chi connectivity index (χ1v) is 5.97. The smallest absolute Gasteiger partial charge is 0.337 e. The topological polar surface area (TPSA) is 131 Å². The number of aliphatic hydroxyl groups excluding tert-OH is 4. The molecule has 0 unspecified atom stereocenters. The molecule has 0 aliphatic carbocycles. The van der Waals surface area contributed by atoms with E-state index in [1.165, 1.54) is 18.3 Å². The predicted octanol–water partition coefficient (Wildman–Crippen LogP) is -0.448. The first-order chi connectivity index (χ1) is 9.47. The van der Waals surface area contributed by atoms with Crippen molar-refractivity contribution in [1.29, 1.82) is 0 Å². The lowest BCUT2D eigenvalue weighted by molar-refractivity contribution is -0.0731. The van der Waals surface area contributed by atoms with Gasteiger partial charge in [-0.05, 0) is 12.1 Å². The van der Waals surface area contributed by atoms with E-state index in [0.29, 0.717) is 0 Å². The number of carbonyl (C=O) groups is 1. The highest BCUT2D eigenvalue weighted by molar-refractivity contribution is 5.94. The number of rotatable bonds is 7. The number of nitrogens with zero attached hydrogens (tertiary/aromatic N) is 1. The number of para-hydroxylation sites is 1. The van der Waals surface area contributed by atoms with Crippen molar-refractivity contribution in [2.75, 3.05) is 6.61 Å². The van der Waals surface area contributed by atoms with E-state index >= 15 is 0 Å². The summed E-state index contributed by atoms with van der Waals surface area (Å²) in [5.74, 6) is -1.12. The number of carboxylic acids is 1. The van der Waals surface area contributed by atoms with E-state index in [0.717, 1.165) is 0 Å². The molecular weight excluding hydrogens is 266 g/mol. The van der Waals surface area contributed by atoms with Gasteiger partial charge in [0.25, 0.3) is 0 Å². The second-order valence-electron chi connectivity index (χ2n) is 4.18. The molecule has 1 rings (SSSR count). The van der Waals surface area contributed by atoms with Gasteiger partial charge in [-0.2, -0.15) is 0 Å². The second kappa shape index (κ2) is 7.71. The molecule has 20 heavy (non-hydrogen) atoms. The quantitative estimate of drug-likeness (QED) is 0.431. The van der Waals surface area contributed by atoms with E-state index in [2.05, 4.69) is 4.99 Å². The van der Waals surface area contributed by atoms with Crippen molar-refractivity contribution in [2.45, 2.75) is 24.7 Å². The molecule has 0 saturated carbocycles. The summed E-state index contributed by atoms with van der Waals surface area (Å²) in [6, 6.07) is 6.10. The van der Waals surface area contributed by atoms with Gasteiger partial charge in [-0.1, -0.05) is 12.1 Å². The summed E-state index contributed by atoms with van der Waals surface area (Å²) in [6.45, 7) is -0.669. The van der Waals surface area contributed by atoms with Crippen molar-refractivity contribution in [3.63, 3.8) is 0 Å². The molecule has 0 aliphatic rings. The maximum Gasteiger partial charge on any atom is 0.337 e. The first-order valence-electron chi connectivity index (χ1n) is 5.97. The van der Waals surface area contributed by atoms with Crippen LogP contribution in [0, 0.1) is 0 Å². The number of hydrogen-bond acceptors (Lipinski definition) is 6. The van der Waals surface area contributed by atoms with Gasteiger partial charge in [-0.3, -0.25) is 4.99 Å².